The molecule has 1 heterocycles. The number of H-pyrrole nitrogens is 1. The van der Waals surface area contributed by atoms with Crippen molar-refractivity contribution < 1.29 is 9.90 Å². The molecule has 0 spiro atoms. The van der Waals surface area contributed by atoms with Crippen molar-refractivity contribution >= 4 is 11.5 Å². The largest absolute Gasteiger partial charge is 0.481 e. The Morgan fingerprint density at radius 3 is 3.00 bits per heavy atom. The normalized spacial score (nSPS) is 11.6. The van der Waals surface area contributed by atoms with E-state index in [1.165, 1.54) is 0 Å². The molecule has 0 aliphatic rings. The van der Waals surface area contributed by atoms with Gasteiger partial charge >= 0.3 is 5.97 Å². The zero-order valence-corrected chi connectivity index (χ0v) is 6.87. The SMILES string of the molecule is C/C(=C/CC(=O)O)c1ccc[nH]1. The van der Waals surface area contributed by atoms with Crippen LogP contribution in [0.4, 0.5) is 0 Å². The Kier molecular flexibility index (Phi) is 2.69. The number of carbonyl (C=O) groups is 1. The Hall–Kier alpha value is -1.51. The van der Waals surface area contributed by atoms with E-state index in [-0.39, 0.29) is 6.42 Å². The van der Waals surface area contributed by atoms with E-state index in [1.807, 2.05) is 25.3 Å². The second-order valence-electron chi connectivity index (χ2n) is 2.57. The molecule has 0 atom stereocenters. The second kappa shape index (κ2) is 3.76. The van der Waals surface area contributed by atoms with Crippen LogP contribution in [-0.2, 0) is 4.79 Å². The van der Waals surface area contributed by atoms with Crippen molar-refractivity contribution in [3.05, 3.63) is 30.1 Å². The molecule has 0 bridgehead atoms. The van der Waals surface area contributed by atoms with E-state index in [4.69, 9.17) is 5.11 Å². The Bertz CT molecular complexity index is 285. The summed E-state index contributed by atoms with van der Waals surface area (Å²) in [6, 6.07) is 3.79. The van der Waals surface area contributed by atoms with Gasteiger partial charge < -0.3 is 10.1 Å². The second-order valence-corrected chi connectivity index (χ2v) is 2.57. The highest BCUT2D eigenvalue weighted by Crippen LogP contribution is 2.10. The standard InChI is InChI=1S/C9H11NO2/c1-7(4-5-9(11)12)8-3-2-6-10-8/h2-4,6,10H,5H2,1H3,(H,11,12)/b7-4-. The van der Waals surface area contributed by atoms with Gasteiger partial charge in [0.25, 0.3) is 0 Å². The van der Waals surface area contributed by atoms with Crippen LogP contribution < -0.4 is 0 Å². The molecule has 0 saturated carbocycles. The molecular weight excluding hydrogens is 154 g/mol. The number of hydrogen-bond acceptors (Lipinski definition) is 1. The van der Waals surface area contributed by atoms with Gasteiger partial charge in [-0.2, -0.15) is 0 Å². The number of allylic oxidation sites excluding steroid dienone is 1. The number of aromatic amines is 1. The minimum absolute atomic E-state index is 0.0743. The molecule has 3 nitrogen and oxygen atoms in total. The Labute approximate surface area is 70.7 Å². The van der Waals surface area contributed by atoms with E-state index < -0.39 is 5.97 Å². The first-order chi connectivity index (χ1) is 5.70. The molecule has 0 radical (unpaired) electrons. The van der Waals surface area contributed by atoms with Crippen LogP contribution >= 0.6 is 0 Å². The van der Waals surface area contributed by atoms with E-state index in [9.17, 15) is 4.79 Å². The van der Waals surface area contributed by atoms with Gasteiger partial charge in [-0.3, -0.25) is 4.79 Å². The van der Waals surface area contributed by atoms with Gasteiger partial charge in [-0.25, -0.2) is 0 Å². The summed E-state index contributed by atoms with van der Waals surface area (Å²) in [5.41, 5.74) is 1.93. The summed E-state index contributed by atoms with van der Waals surface area (Å²) in [6.45, 7) is 1.88. The number of carboxylic acids is 1. The number of rotatable bonds is 3. The van der Waals surface area contributed by atoms with Crippen molar-refractivity contribution in [2.24, 2.45) is 0 Å². The highest BCUT2D eigenvalue weighted by molar-refractivity contribution is 5.72. The highest BCUT2D eigenvalue weighted by Gasteiger charge is 1.96. The lowest BCUT2D eigenvalue weighted by Crippen LogP contribution is -1.91. The minimum Gasteiger partial charge on any atom is -0.481 e. The summed E-state index contributed by atoms with van der Waals surface area (Å²) in [4.78, 5) is 13.2. The molecule has 1 aromatic heterocycles. The molecule has 0 fully saturated rings. The molecule has 1 rings (SSSR count). The van der Waals surface area contributed by atoms with Gasteiger partial charge in [-0.05, 0) is 24.6 Å². The first-order valence-electron chi connectivity index (χ1n) is 3.72. The molecule has 12 heavy (non-hydrogen) atoms. The summed E-state index contributed by atoms with van der Waals surface area (Å²) in [7, 11) is 0. The van der Waals surface area contributed by atoms with Crippen molar-refractivity contribution in [3.8, 4) is 0 Å². The summed E-state index contributed by atoms with van der Waals surface area (Å²) < 4.78 is 0. The van der Waals surface area contributed by atoms with Gasteiger partial charge in [-0.1, -0.05) is 6.08 Å². The van der Waals surface area contributed by atoms with Gasteiger partial charge in [0.05, 0.1) is 6.42 Å². The number of aliphatic carboxylic acids is 1. The van der Waals surface area contributed by atoms with Crippen LogP contribution in [0.2, 0.25) is 0 Å². The van der Waals surface area contributed by atoms with Gasteiger partial charge in [0.2, 0.25) is 0 Å². The lowest BCUT2D eigenvalue weighted by atomic mass is 10.2. The van der Waals surface area contributed by atoms with Crippen molar-refractivity contribution in [2.75, 3.05) is 0 Å². The van der Waals surface area contributed by atoms with Gasteiger partial charge in [0.15, 0.2) is 0 Å². The van der Waals surface area contributed by atoms with Crippen LogP contribution in [0.1, 0.15) is 19.0 Å². The highest BCUT2D eigenvalue weighted by atomic mass is 16.4. The molecular formula is C9H11NO2. The average molecular weight is 165 g/mol. The van der Waals surface area contributed by atoms with Gasteiger partial charge in [0, 0.05) is 11.9 Å². The zero-order valence-electron chi connectivity index (χ0n) is 6.87. The molecule has 0 unspecified atom stereocenters. The van der Waals surface area contributed by atoms with E-state index >= 15 is 0 Å². The molecule has 64 valence electrons. The molecule has 2 N–H and O–H groups in total. The number of nitrogens with one attached hydrogen (secondary N) is 1. The molecule has 1 aromatic rings. The van der Waals surface area contributed by atoms with Crippen LogP contribution in [0.25, 0.3) is 5.57 Å². The predicted octanol–water partition coefficient (Wildman–Crippen LogP) is 1.89. The first kappa shape index (κ1) is 8.59. The fraction of sp³-hybridized carbons (Fsp3) is 0.222. The monoisotopic (exact) mass is 165 g/mol. The number of hydrogen-bond donors (Lipinski definition) is 2. The molecule has 0 saturated heterocycles. The molecule has 0 aliphatic carbocycles. The van der Waals surface area contributed by atoms with Crippen molar-refractivity contribution in [1.29, 1.82) is 0 Å². The Morgan fingerprint density at radius 2 is 2.50 bits per heavy atom. The van der Waals surface area contributed by atoms with E-state index in [1.54, 1.807) is 6.08 Å². The number of carboxylic acid groups (broad SMARTS) is 1. The van der Waals surface area contributed by atoms with Crippen LogP contribution in [0.5, 0.6) is 0 Å². The average Bonchev–Trinajstić information content (AvgIpc) is 2.51. The third-order valence-electron chi connectivity index (χ3n) is 1.61. The summed E-state index contributed by atoms with van der Waals surface area (Å²) >= 11 is 0. The smallest absolute Gasteiger partial charge is 0.307 e. The molecule has 0 amide bonds. The third-order valence-corrected chi connectivity index (χ3v) is 1.61. The molecule has 0 aliphatic heterocycles. The van der Waals surface area contributed by atoms with Gasteiger partial charge in [-0.15, -0.1) is 0 Å². The fourth-order valence-electron chi connectivity index (χ4n) is 0.926. The maximum atomic E-state index is 10.2. The summed E-state index contributed by atoms with van der Waals surface area (Å²) in [6.07, 6.45) is 3.58. The third kappa shape index (κ3) is 2.27. The topological polar surface area (TPSA) is 53.1 Å². The van der Waals surface area contributed by atoms with Crippen molar-refractivity contribution in [3.63, 3.8) is 0 Å². The minimum atomic E-state index is -0.805. The van der Waals surface area contributed by atoms with Crippen molar-refractivity contribution in [2.45, 2.75) is 13.3 Å². The van der Waals surface area contributed by atoms with Gasteiger partial charge in [0.1, 0.15) is 0 Å². The lowest BCUT2D eigenvalue weighted by molar-refractivity contribution is -0.135. The molecule has 3 heteroatoms. The molecule has 0 aromatic carbocycles. The van der Waals surface area contributed by atoms with Crippen molar-refractivity contribution in [1.82, 2.24) is 4.98 Å². The maximum Gasteiger partial charge on any atom is 0.307 e. The fourth-order valence-corrected chi connectivity index (χ4v) is 0.926. The maximum absolute atomic E-state index is 10.2. The predicted molar refractivity (Wildman–Crippen MR) is 46.7 cm³/mol. The van der Waals surface area contributed by atoms with Crippen LogP contribution in [-0.4, -0.2) is 16.1 Å². The zero-order chi connectivity index (χ0) is 8.97. The van der Waals surface area contributed by atoms with Crippen LogP contribution in [0.15, 0.2) is 24.4 Å². The van der Waals surface area contributed by atoms with E-state index in [0.29, 0.717) is 0 Å². The first-order valence-corrected chi connectivity index (χ1v) is 3.72. The summed E-state index contributed by atoms with van der Waals surface area (Å²) in [5.74, 6) is -0.805. The lowest BCUT2D eigenvalue weighted by Gasteiger charge is -1.94. The van der Waals surface area contributed by atoms with Crippen LogP contribution in [0, 0.1) is 0 Å². The number of aromatic nitrogens is 1. The summed E-state index contributed by atoms with van der Waals surface area (Å²) in [5, 5.41) is 8.41. The van der Waals surface area contributed by atoms with E-state index in [0.717, 1.165) is 11.3 Å². The van der Waals surface area contributed by atoms with E-state index in [2.05, 4.69) is 4.98 Å². The quantitative estimate of drug-likeness (QED) is 0.718. The Morgan fingerprint density at radius 1 is 1.75 bits per heavy atom. The van der Waals surface area contributed by atoms with Crippen LogP contribution in [0.3, 0.4) is 0 Å². The Balaban J connectivity index is 2.65.